The first-order chi connectivity index (χ1) is 20.8. The number of azo groups is 1. The summed E-state index contributed by atoms with van der Waals surface area (Å²) in [4.78, 5) is 0. The molecular weight excluding hydrogens is 508 g/mol. The van der Waals surface area contributed by atoms with Crippen LogP contribution in [0.3, 0.4) is 0 Å². The molecule has 0 bridgehead atoms. The van der Waals surface area contributed by atoms with Crippen LogP contribution in [0.1, 0.15) is 0 Å². The standard InChI is InChI=1S/C40H26N2/c1-5-17-31-27(11-1)15-9-21-35(31)39-33-19-7-3-13-29(33)23-25-37(39)41-42-38-26-24-30-14-4-8-20-34(30)40(38)36-22-10-16-28-12-2-6-18-32(28)36/h1-26H. The number of rotatable bonds is 4. The van der Waals surface area contributed by atoms with Crippen molar-refractivity contribution in [3.05, 3.63) is 158 Å². The summed E-state index contributed by atoms with van der Waals surface area (Å²) in [6, 6.07) is 55.6. The van der Waals surface area contributed by atoms with E-state index >= 15 is 0 Å². The van der Waals surface area contributed by atoms with Crippen LogP contribution in [-0.2, 0) is 0 Å². The lowest BCUT2D eigenvalue weighted by molar-refractivity contribution is 1.24. The number of hydrogen-bond donors (Lipinski definition) is 0. The van der Waals surface area contributed by atoms with Crippen LogP contribution in [-0.4, -0.2) is 0 Å². The van der Waals surface area contributed by atoms with Crippen LogP contribution in [0.5, 0.6) is 0 Å². The van der Waals surface area contributed by atoms with Crippen molar-refractivity contribution < 1.29 is 0 Å². The molecule has 0 N–H and O–H groups in total. The Bertz CT molecular complexity index is 2140. The van der Waals surface area contributed by atoms with Crippen LogP contribution < -0.4 is 0 Å². The van der Waals surface area contributed by atoms with Gasteiger partial charge >= 0.3 is 0 Å². The van der Waals surface area contributed by atoms with E-state index in [0.29, 0.717) is 0 Å². The normalized spacial score (nSPS) is 11.7. The third-order valence-electron chi connectivity index (χ3n) is 8.20. The largest absolute Gasteiger partial charge is 0.150 e. The SMILES string of the molecule is c1ccc2c(-c3c(N=Nc4ccc5ccccc5c4-c4cccc5ccccc45)ccc4ccccc34)cccc2c1. The maximum atomic E-state index is 5.01. The Balaban J connectivity index is 1.38. The lowest BCUT2D eigenvalue weighted by Crippen LogP contribution is -1.86. The van der Waals surface area contributed by atoms with Gasteiger partial charge < -0.3 is 0 Å². The maximum absolute atomic E-state index is 5.01. The lowest BCUT2D eigenvalue weighted by atomic mass is 9.92. The summed E-state index contributed by atoms with van der Waals surface area (Å²) in [6.45, 7) is 0. The van der Waals surface area contributed by atoms with Crippen molar-refractivity contribution in [2.24, 2.45) is 10.2 Å². The molecular formula is C40H26N2. The highest BCUT2D eigenvalue weighted by atomic mass is 15.1. The minimum absolute atomic E-state index is 0.849. The van der Waals surface area contributed by atoms with Gasteiger partial charge in [0.15, 0.2) is 0 Å². The van der Waals surface area contributed by atoms with E-state index in [-0.39, 0.29) is 0 Å². The quantitative estimate of drug-likeness (QED) is 0.201. The van der Waals surface area contributed by atoms with E-state index in [1.807, 2.05) is 0 Å². The van der Waals surface area contributed by atoms with Gasteiger partial charge in [0.05, 0.1) is 11.4 Å². The highest BCUT2D eigenvalue weighted by Gasteiger charge is 2.15. The molecule has 0 aliphatic heterocycles. The molecule has 0 aromatic heterocycles. The van der Waals surface area contributed by atoms with E-state index in [2.05, 4.69) is 158 Å². The Morgan fingerprint density at radius 1 is 0.262 bits per heavy atom. The third kappa shape index (κ3) is 4.05. The zero-order valence-corrected chi connectivity index (χ0v) is 22.9. The minimum atomic E-state index is 0.849. The first kappa shape index (κ1) is 24.2. The predicted octanol–water partition coefficient (Wildman–Crippen LogP) is 12.0. The summed E-state index contributed by atoms with van der Waals surface area (Å²) in [6.07, 6.45) is 0. The lowest BCUT2D eigenvalue weighted by Gasteiger charge is -2.14. The Labute approximate surface area is 244 Å². The third-order valence-corrected chi connectivity index (χ3v) is 8.20. The number of fused-ring (bicyclic) bond motifs is 4. The molecule has 0 amide bonds. The smallest absolute Gasteiger partial charge is 0.0942 e. The fourth-order valence-electron chi connectivity index (χ4n) is 6.25. The van der Waals surface area contributed by atoms with Gasteiger partial charge in [0.2, 0.25) is 0 Å². The molecule has 0 atom stereocenters. The molecule has 0 spiro atoms. The summed E-state index contributed by atoms with van der Waals surface area (Å²) >= 11 is 0. The van der Waals surface area contributed by atoms with Crippen molar-refractivity contribution in [2.45, 2.75) is 0 Å². The predicted molar refractivity (Wildman–Crippen MR) is 178 cm³/mol. The zero-order chi connectivity index (χ0) is 27.9. The molecule has 8 rings (SSSR count). The van der Waals surface area contributed by atoms with Gasteiger partial charge in [-0.2, -0.15) is 0 Å². The summed E-state index contributed by atoms with van der Waals surface area (Å²) in [7, 11) is 0. The highest BCUT2D eigenvalue weighted by molar-refractivity contribution is 6.10. The van der Waals surface area contributed by atoms with Gasteiger partial charge in [0.1, 0.15) is 0 Å². The van der Waals surface area contributed by atoms with Crippen LogP contribution in [0.4, 0.5) is 11.4 Å². The molecule has 2 heteroatoms. The van der Waals surface area contributed by atoms with Crippen molar-refractivity contribution in [2.75, 3.05) is 0 Å². The molecule has 0 radical (unpaired) electrons. The Morgan fingerprint density at radius 3 is 1.02 bits per heavy atom. The topological polar surface area (TPSA) is 24.7 Å². The molecule has 8 aromatic rings. The first-order valence-electron chi connectivity index (χ1n) is 14.3. The molecule has 0 aliphatic carbocycles. The summed E-state index contributed by atoms with van der Waals surface area (Å²) in [5, 5.41) is 19.5. The second-order valence-corrected chi connectivity index (χ2v) is 10.6. The Kier molecular flexibility index (Phi) is 5.82. The van der Waals surface area contributed by atoms with Gasteiger partial charge in [-0.1, -0.05) is 146 Å². The van der Waals surface area contributed by atoms with Crippen LogP contribution in [0, 0.1) is 0 Å². The molecule has 0 aliphatic rings. The molecule has 196 valence electrons. The van der Waals surface area contributed by atoms with Gasteiger partial charge in [0.25, 0.3) is 0 Å². The molecule has 8 aromatic carbocycles. The molecule has 0 saturated carbocycles. The van der Waals surface area contributed by atoms with Gasteiger partial charge in [-0.05, 0) is 66.3 Å². The second kappa shape index (κ2) is 10.1. The number of hydrogen-bond acceptors (Lipinski definition) is 2. The van der Waals surface area contributed by atoms with E-state index < -0.39 is 0 Å². The van der Waals surface area contributed by atoms with E-state index in [1.165, 1.54) is 32.3 Å². The number of nitrogens with zero attached hydrogens (tertiary/aromatic N) is 2. The van der Waals surface area contributed by atoms with E-state index in [1.54, 1.807) is 0 Å². The van der Waals surface area contributed by atoms with Crippen LogP contribution >= 0.6 is 0 Å². The number of benzene rings is 8. The fourth-order valence-corrected chi connectivity index (χ4v) is 6.25. The molecule has 2 nitrogen and oxygen atoms in total. The monoisotopic (exact) mass is 534 g/mol. The molecule has 0 saturated heterocycles. The minimum Gasteiger partial charge on any atom is -0.150 e. The van der Waals surface area contributed by atoms with Crippen LogP contribution in [0.2, 0.25) is 0 Å². The molecule has 0 unspecified atom stereocenters. The Hall–Kier alpha value is -5.60. The summed E-state index contributed by atoms with van der Waals surface area (Å²) in [5.74, 6) is 0. The van der Waals surface area contributed by atoms with Crippen molar-refractivity contribution in [1.29, 1.82) is 0 Å². The van der Waals surface area contributed by atoms with Gasteiger partial charge in [0, 0.05) is 11.1 Å². The summed E-state index contributed by atoms with van der Waals surface area (Å²) in [5.41, 5.74) is 6.21. The molecule has 0 fully saturated rings. The summed E-state index contributed by atoms with van der Waals surface area (Å²) < 4.78 is 0. The highest BCUT2D eigenvalue weighted by Crippen LogP contribution is 2.44. The molecule has 42 heavy (non-hydrogen) atoms. The van der Waals surface area contributed by atoms with Crippen molar-refractivity contribution in [3.8, 4) is 22.3 Å². The van der Waals surface area contributed by atoms with E-state index in [4.69, 9.17) is 10.2 Å². The van der Waals surface area contributed by atoms with Crippen molar-refractivity contribution in [1.82, 2.24) is 0 Å². The molecule has 0 heterocycles. The van der Waals surface area contributed by atoms with Gasteiger partial charge in [-0.15, -0.1) is 10.2 Å². The maximum Gasteiger partial charge on any atom is 0.0942 e. The average Bonchev–Trinajstić information content (AvgIpc) is 3.06. The first-order valence-corrected chi connectivity index (χ1v) is 14.3. The second-order valence-electron chi connectivity index (χ2n) is 10.6. The van der Waals surface area contributed by atoms with Gasteiger partial charge in [-0.3, -0.25) is 0 Å². The van der Waals surface area contributed by atoms with Gasteiger partial charge in [-0.25, -0.2) is 0 Å². The zero-order valence-electron chi connectivity index (χ0n) is 22.9. The Morgan fingerprint density at radius 2 is 0.595 bits per heavy atom. The fraction of sp³-hybridized carbons (Fsp3) is 0. The van der Waals surface area contributed by atoms with Crippen molar-refractivity contribution in [3.63, 3.8) is 0 Å². The van der Waals surface area contributed by atoms with Crippen LogP contribution in [0.25, 0.3) is 65.3 Å². The van der Waals surface area contributed by atoms with E-state index in [9.17, 15) is 0 Å². The van der Waals surface area contributed by atoms with E-state index in [0.717, 1.165) is 44.4 Å². The van der Waals surface area contributed by atoms with Crippen molar-refractivity contribution >= 4 is 54.5 Å². The van der Waals surface area contributed by atoms with Crippen LogP contribution in [0.15, 0.2) is 168 Å². The average molecular weight is 535 g/mol.